The van der Waals surface area contributed by atoms with Crippen molar-refractivity contribution in [2.75, 3.05) is 6.61 Å². The minimum Gasteiger partial charge on any atom is -0.507 e. The lowest BCUT2D eigenvalue weighted by Gasteiger charge is -2.40. The number of ketones is 1. The highest BCUT2D eigenvalue weighted by atomic mass is 16.6. The molecular weight excluding hydrogens is 324 g/mol. The first-order valence-electron chi connectivity index (χ1n) is 7.95. The van der Waals surface area contributed by atoms with Crippen molar-refractivity contribution in [3.05, 3.63) is 53.6 Å². The molecule has 1 heterocycles. The van der Waals surface area contributed by atoms with Gasteiger partial charge in [-0.05, 0) is 19.4 Å². The van der Waals surface area contributed by atoms with E-state index >= 15 is 0 Å². The van der Waals surface area contributed by atoms with Crippen molar-refractivity contribution < 1.29 is 29.0 Å². The van der Waals surface area contributed by atoms with Gasteiger partial charge in [-0.15, -0.1) is 0 Å². The van der Waals surface area contributed by atoms with Crippen LogP contribution in [0.2, 0.25) is 0 Å². The van der Waals surface area contributed by atoms with Crippen molar-refractivity contribution in [1.29, 1.82) is 0 Å². The molecule has 0 aromatic heterocycles. The van der Waals surface area contributed by atoms with Gasteiger partial charge in [-0.25, -0.2) is 9.59 Å². The summed E-state index contributed by atoms with van der Waals surface area (Å²) in [6.45, 7) is 5.14. The van der Waals surface area contributed by atoms with Gasteiger partial charge >= 0.3 is 11.9 Å². The third kappa shape index (κ3) is 2.73. The maximum atomic E-state index is 12.5. The lowest BCUT2D eigenvalue weighted by atomic mass is 9.70. The number of phenols is 1. The van der Waals surface area contributed by atoms with Gasteiger partial charge in [-0.3, -0.25) is 4.79 Å². The summed E-state index contributed by atoms with van der Waals surface area (Å²) in [7, 11) is 0. The van der Waals surface area contributed by atoms with Crippen LogP contribution >= 0.6 is 0 Å². The number of carbonyl (C=O) groups excluding carboxylic acids is 3. The Labute approximate surface area is 144 Å². The Morgan fingerprint density at radius 1 is 1.48 bits per heavy atom. The zero-order valence-corrected chi connectivity index (χ0v) is 13.8. The number of phenolic OH excluding ortho intramolecular Hbond substituents is 1. The molecule has 6 heteroatoms. The summed E-state index contributed by atoms with van der Waals surface area (Å²) >= 11 is 0. The molecule has 0 saturated heterocycles. The number of allylic oxidation sites excluding steroid dienone is 1. The van der Waals surface area contributed by atoms with Gasteiger partial charge in [0.15, 0.2) is 5.78 Å². The molecule has 130 valence electrons. The maximum absolute atomic E-state index is 12.5. The zero-order chi connectivity index (χ0) is 18.2. The molecule has 0 spiro atoms. The summed E-state index contributed by atoms with van der Waals surface area (Å²) in [5.74, 6) is -2.26. The lowest BCUT2D eigenvalue weighted by molar-refractivity contribution is -0.162. The van der Waals surface area contributed by atoms with Crippen LogP contribution in [0.4, 0.5) is 0 Å². The summed E-state index contributed by atoms with van der Waals surface area (Å²) in [6, 6.07) is 4.68. The normalized spacial score (nSPS) is 25.0. The van der Waals surface area contributed by atoms with E-state index in [9.17, 15) is 19.5 Å². The number of rotatable bonds is 3. The van der Waals surface area contributed by atoms with Crippen molar-refractivity contribution in [1.82, 2.24) is 0 Å². The van der Waals surface area contributed by atoms with Gasteiger partial charge in [-0.2, -0.15) is 0 Å². The average Bonchev–Trinajstić information content (AvgIpc) is 2.69. The van der Waals surface area contributed by atoms with E-state index in [0.29, 0.717) is 12.0 Å². The Kier molecular flexibility index (Phi) is 4.20. The maximum Gasteiger partial charge on any atom is 0.346 e. The molecule has 0 saturated carbocycles. The van der Waals surface area contributed by atoms with Crippen LogP contribution in [0.3, 0.4) is 0 Å². The Morgan fingerprint density at radius 2 is 2.24 bits per heavy atom. The van der Waals surface area contributed by atoms with E-state index in [1.165, 1.54) is 18.2 Å². The fraction of sp³-hybridized carbons (Fsp3) is 0.316. The number of Topliss-reactive ketones (excluding diaryl/α,β-unsaturated/α-hetero) is 1. The van der Waals surface area contributed by atoms with E-state index in [4.69, 9.17) is 9.47 Å². The van der Waals surface area contributed by atoms with Crippen molar-refractivity contribution >= 4 is 17.7 Å². The van der Waals surface area contributed by atoms with Gasteiger partial charge in [-0.1, -0.05) is 30.9 Å². The van der Waals surface area contributed by atoms with Gasteiger partial charge in [0.1, 0.15) is 23.5 Å². The van der Waals surface area contributed by atoms with Crippen LogP contribution < -0.4 is 0 Å². The molecule has 0 fully saturated rings. The molecule has 1 aromatic carbocycles. The summed E-state index contributed by atoms with van der Waals surface area (Å²) in [6.07, 6.45) is 3.28. The molecular formula is C19H18O6. The fourth-order valence-corrected chi connectivity index (χ4v) is 3.40. The van der Waals surface area contributed by atoms with E-state index in [0.717, 1.165) is 0 Å². The average molecular weight is 342 g/mol. The molecule has 1 N–H and O–H groups in total. The van der Waals surface area contributed by atoms with Crippen molar-refractivity contribution in [3.8, 4) is 5.75 Å². The largest absolute Gasteiger partial charge is 0.507 e. The van der Waals surface area contributed by atoms with Gasteiger partial charge in [0.05, 0.1) is 5.56 Å². The van der Waals surface area contributed by atoms with Crippen LogP contribution in [0.25, 0.3) is 0 Å². The molecule has 0 bridgehead atoms. The SMILES string of the molecule is C=CCOC(=O)C1=CC[C@H]2CC(=O)c3c(O)cccc3[C@@]2(C)OC1=O. The van der Waals surface area contributed by atoms with Crippen molar-refractivity contribution in [3.63, 3.8) is 0 Å². The molecule has 25 heavy (non-hydrogen) atoms. The Balaban J connectivity index is 2.01. The van der Waals surface area contributed by atoms with E-state index in [1.807, 2.05) is 0 Å². The summed E-state index contributed by atoms with van der Waals surface area (Å²) < 4.78 is 10.6. The zero-order valence-electron chi connectivity index (χ0n) is 13.8. The Bertz CT molecular complexity index is 806. The number of benzene rings is 1. The third-order valence-electron chi connectivity index (χ3n) is 4.75. The molecule has 1 aliphatic carbocycles. The molecule has 6 nitrogen and oxygen atoms in total. The van der Waals surface area contributed by atoms with Crippen LogP contribution in [-0.2, 0) is 24.7 Å². The van der Waals surface area contributed by atoms with Crippen LogP contribution in [0, 0.1) is 5.92 Å². The number of ether oxygens (including phenoxy) is 2. The highest BCUT2D eigenvalue weighted by Crippen LogP contribution is 2.48. The first-order valence-corrected chi connectivity index (χ1v) is 7.95. The Morgan fingerprint density at radius 3 is 2.96 bits per heavy atom. The second-order valence-corrected chi connectivity index (χ2v) is 6.26. The second kappa shape index (κ2) is 6.20. The molecule has 2 aliphatic rings. The lowest BCUT2D eigenvalue weighted by Crippen LogP contribution is -2.42. The van der Waals surface area contributed by atoms with Gasteiger partial charge < -0.3 is 14.6 Å². The van der Waals surface area contributed by atoms with Crippen LogP contribution in [0.1, 0.15) is 35.7 Å². The van der Waals surface area contributed by atoms with Crippen LogP contribution in [0.5, 0.6) is 5.75 Å². The van der Waals surface area contributed by atoms with E-state index in [-0.39, 0.29) is 41.6 Å². The second-order valence-electron chi connectivity index (χ2n) is 6.26. The number of esters is 2. The minimum atomic E-state index is -1.12. The molecule has 0 unspecified atom stereocenters. The van der Waals surface area contributed by atoms with Gasteiger partial charge in [0.2, 0.25) is 0 Å². The molecule has 2 atom stereocenters. The highest BCUT2D eigenvalue weighted by molar-refractivity contribution is 6.14. The fourth-order valence-electron chi connectivity index (χ4n) is 3.40. The number of hydrogen-bond donors (Lipinski definition) is 1. The number of aromatic hydroxyl groups is 1. The predicted molar refractivity (Wildman–Crippen MR) is 87.8 cm³/mol. The smallest absolute Gasteiger partial charge is 0.346 e. The molecule has 0 amide bonds. The van der Waals surface area contributed by atoms with Crippen LogP contribution in [-0.4, -0.2) is 29.4 Å². The van der Waals surface area contributed by atoms with Crippen molar-refractivity contribution in [2.24, 2.45) is 5.92 Å². The van der Waals surface area contributed by atoms with Crippen LogP contribution in [0.15, 0.2) is 42.5 Å². The van der Waals surface area contributed by atoms with E-state index in [2.05, 4.69) is 6.58 Å². The first kappa shape index (κ1) is 17.0. The molecule has 1 aliphatic heterocycles. The Hall–Kier alpha value is -2.89. The topological polar surface area (TPSA) is 89.9 Å². The summed E-state index contributed by atoms with van der Waals surface area (Å²) in [5.41, 5.74) is -0.676. The standard InChI is InChI=1S/C19H18O6/c1-3-9-24-17(22)12-8-7-11-10-15(21)16-13(5-4-6-14(16)20)19(11,2)25-18(12)23/h3-6,8,11,20H,1,7,9-10H2,2H3/t11-,19-/m0/s1. The van der Waals surface area contributed by atoms with E-state index < -0.39 is 17.5 Å². The predicted octanol–water partition coefficient (Wildman–Crippen LogP) is 2.41. The number of fused-ring (bicyclic) bond motifs is 3. The highest BCUT2D eigenvalue weighted by Gasteiger charge is 2.49. The minimum absolute atomic E-state index is 0.0145. The third-order valence-corrected chi connectivity index (χ3v) is 4.75. The quantitative estimate of drug-likeness (QED) is 0.515. The first-order chi connectivity index (χ1) is 11.9. The monoisotopic (exact) mass is 342 g/mol. The number of hydrogen-bond acceptors (Lipinski definition) is 6. The molecule has 1 aromatic rings. The summed E-state index contributed by atoms with van der Waals surface area (Å²) in [5, 5.41) is 10.0. The van der Waals surface area contributed by atoms with Crippen molar-refractivity contribution in [2.45, 2.75) is 25.4 Å². The van der Waals surface area contributed by atoms with Gasteiger partial charge in [0.25, 0.3) is 0 Å². The molecule has 0 radical (unpaired) electrons. The van der Waals surface area contributed by atoms with E-state index in [1.54, 1.807) is 19.1 Å². The van der Waals surface area contributed by atoms with Gasteiger partial charge in [0, 0.05) is 17.9 Å². The summed E-state index contributed by atoms with van der Waals surface area (Å²) in [4.78, 5) is 37.0. The number of carbonyl (C=O) groups is 3. The molecule has 3 rings (SSSR count).